The van der Waals surface area contributed by atoms with E-state index in [1.54, 1.807) is 24.3 Å². The van der Waals surface area contributed by atoms with Crippen LogP contribution in [0.15, 0.2) is 46.9 Å². The Labute approximate surface area is 159 Å². The predicted molar refractivity (Wildman–Crippen MR) is 104 cm³/mol. The van der Waals surface area contributed by atoms with Crippen molar-refractivity contribution < 1.29 is 14.7 Å². The Kier molecular flexibility index (Phi) is 6.08. The molecular formula is C15H10BrIN2O3S. The molecule has 0 radical (unpaired) electrons. The van der Waals surface area contributed by atoms with Crippen molar-refractivity contribution in [3.8, 4) is 0 Å². The molecule has 3 N–H and O–H groups in total. The maximum absolute atomic E-state index is 12.2. The average Bonchev–Trinajstić information content (AvgIpc) is 2.49. The first-order valence-electron chi connectivity index (χ1n) is 6.28. The molecule has 118 valence electrons. The summed E-state index contributed by atoms with van der Waals surface area (Å²) in [6.07, 6.45) is 0. The zero-order chi connectivity index (χ0) is 17.0. The van der Waals surface area contributed by atoms with E-state index < -0.39 is 5.97 Å². The van der Waals surface area contributed by atoms with Crippen LogP contribution in [0.4, 0.5) is 5.69 Å². The molecule has 5 nitrogen and oxygen atoms in total. The van der Waals surface area contributed by atoms with Crippen molar-refractivity contribution >= 4 is 73.4 Å². The van der Waals surface area contributed by atoms with Gasteiger partial charge in [-0.3, -0.25) is 10.1 Å². The van der Waals surface area contributed by atoms with Gasteiger partial charge in [0.2, 0.25) is 0 Å². The summed E-state index contributed by atoms with van der Waals surface area (Å²) in [5.41, 5.74) is 0.838. The summed E-state index contributed by atoms with van der Waals surface area (Å²) in [4.78, 5) is 23.4. The Morgan fingerprint density at radius 3 is 2.48 bits per heavy atom. The van der Waals surface area contributed by atoms with Crippen LogP contribution >= 0.6 is 50.7 Å². The van der Waals surface area contributed by atoms with E-state index in [1.165, 1.54) is 6.07 Å². The van der Waals surface area contributed by atoms with Crippen LogP contribution in [0.2, 0.25) is 0 Å². The molecule has 23 heavy (non-hydrogen) atoms. The van der Waals surface area contributed by atoms with Gasteiger partial charge in [0.05, 0.1) is 16.8 Å². The fourth-order valence-corrected chi connectivity index (χ4v) is 2.97. The lowest BCUT2D eigenvalue weighted by molar-refractivity contribution is 0.0697. The minimum Gasteiger partial charge on any atom is -0.478 e. The molecule has 8 heteroatoms. The van der Waals surface area contributed by atoms with Crippen LogP contribution in [0.1, 0.15) is 20.7 Å². The number of aromatic carboxylic acids is 1. The van der Waals surface area contributed by atoms with Crippen molar-refractivity contribution in [2.24, 2.45) is 0 Å². The zero-order valence-corrected chi connectivity index (χ0v) is 16.0. The maximum Gasteiger partial charge on any atom is 0.337 e. The number of carboxylic acid groups (broad SMARTS) is 1. The molecule has 0 spiro atoms. The van der Waals surface area contributed by atoms with Gasteiger partial charge >= 0.3 is 5.97 Å². The molecule has 0 saturated heterocycles. The van der Waals surface area contributed by atoms with Gasteiger partial charge in [-0.2, -0.15) is 0 Å². The number of benzene rings is 2. The van der Waals surface area contributed by atoms with Crippen molar-refractivity contribution in [1.29, 1.82) is 0 Å². The molecular weight excluding hydrogens is 495 g/mol. The standard InChI is InChI=1S/C15H10BrIN2O3S/c16-8-5-6-12(10(7-8)14(21)22)18-15(23)19-13(20)9-3-1-2-4-11(9)17/h1-7H,(H,21,22)(H2,18,19,20,23). The number of carbonyl (C=O) groups excluding carboxylic acids is 1. The molecule has 2 aromatic rings. The number of nitrogens with one attached hydrogen (secondary N) is 2. The molecule has 0 aromatic heterocycles. The fourth-order valence-electron chi connectivity index (χ4n) is 1.77. The molecule has 0 saturated carbocycles. The molecule has 0 fully saturated rings. The Morgan fingerprint density at radius 2 is 1.83 bits per heavy atom. The molecule has 0 aliphatic heterocycles. The van der Waals surface area contributed by atoms with Gasteiger partial charge in [0.25, 0.3) is 5.91 Å². The fraction of sp³-hybridized carbons (Fsp3) is 0. The zero-order valence-electron chi connectivity index (χ0n) is 11.5. The highest BCUT2D eigenvalue weighted by molar-refractivity contribution is 14.1. The van der Waals surface area contributed by atoms with Crippen LogP contribution in [0.25, 0.3) is 0 Å². The smallest absolute Gasteiger partial charge is 0.337 e. The third-order valence-corrected chi connectivity index (χ3v) is 4.44. The number of halogens is 2. The van der Waals surface area contributed by atoms with Gasteiger partial charge in [-0.1, -0.05) is 28.1 Å². The first kappa shape index (κ1) is 17.8. The Bertz CT molecular complexity index is 798. The van der Waals surface area contributed by atoms with E-state index >= 15 is 0 Å². The Balaban J connectivity index is 2.13. The van der Waals surface area contributed by atoms with E-state index in [0.29, 0.717) is 15.7 Å². The topological polar surface area (TPSA) is 78.4 Å². The molecule has 0 bridgehead atoms. The number of anilines is 1. The van der Waals surface area contributed by atoms with Crippen molar-refractivity contribution in [2.75, 3.05) is 5.32 Å². The summed E-state index contributed by atoms with van der Waals surface area (Å²) in [5.74, 6) is -1.46. The lowest BCUT2D eigenvalue weighted by Gasteiger charge is -2.12. The summed E-state index contributed by atoms with van der Waals surface area (Å²) in [7, 11) is 0. The molecule has 0 aliphatic rings. The van der Waals surface area contributed by atoms with E-state index in [1.807, 2.05) is 12.1 Å². The maximum atomic E-state index is 12.2. The first-order valence-corrected chi connectivity index (χ1v) is 8.56. The predicted octanol–water partition coefficient (Wildman–Crippen LogP) is 3.88. The summed E-state index contributed by atoms with van der Waals surface area (Å²) >= 11 is 10.4. The van der Waals surface area contributed by atoms with Gasteiger partial charge < -0.3 is 10.4 Å². The normalized spacial score (nSPS) is 10.0. The number of hydrogen-bond acceptors (Lipinski definition) is 3. The number of hydrogen-bond donors (Lipinski definition) is 3. The average molecular weight is 505 g/mol. The number of amides is 1. The summed E-state index contributed by atoms with van der Waals surface area (Å²) in [6.45, 7) is 0. The third kappa shape index (κ3) is 4.72. The van der Waals surface area contributed by atoms with Crippen LogP contribution < -0.4 is 10.6 Å². The molecule has 1 amide bonds. The SMILES string of the molecule is O=C(NC(=S)Nc1ccc(Br)cc1C(=O)O)c1ccccc1I. The van der Waals surface area contributed by atoms with E-state index in [-0.39, 0.29) is 16.6 Å². The Hall–Kier alpha value is -1.52. The molecule has 0 aliphatic carbocycles. The van der Waals surface area contributed by atoms with E-state index in [0.717, 1.165) is 3.57 Å². The van der Waals surface area contributed by atoms with Crippen LogP contribution in [0.5, 0.6) is 0 Å². The number of carbonyl (C=O) groups is 2. The summed E-state index contributed by atoms with van der Waals surface area (Å²) < 4.78 is 1.43. The van der Waals surface area contributed by atoms with Crippen molar-refractivity contribution in [2.45, 2.75) is 0 Å². The molecule has 0 heterocycles. The van der Waals surface area contributed by atoms with Gasteiger partial charge in [0.1, 0.15) is 0 Å². The summed E-state index contributed by atoms with van der Waals surface area (Å²) in [5, 5.41) is 14.5. The van der Waals surface area contributed by atoms with E-state index in [9.17, 15) is 14.7 Å². The second-order valence-corrected chi connectivity index (χ2v) is 6.87. The van der Waals surface area contributed by atoms with Crippen LogP contribution in [0, 0.1) is 3.57 Å². The Morgan fingerprint density at radius 1 is 1.13 bits per heavy atom. The largest absolute Gasteiger partial charge is 0.478 e. The van der Waals surface area contributed by atoms with Crippen LogP contribution in [-0.2, 0) is 0 Å². The van der Waals surface area contributed by atoms with Crippen LogP contribution in [-0.4, -0.2) is 22.1 Å². The van der Waals surface area contributed by atoms with Gasteiger partial charge in [-0.15, -0.1) is 0 Å². The highest BCUT2D eigenvalue weighted by atomic mass is 127. The second-order valence-electron chi connectivity index (χ2n) is 4.38. The number of thiocarbonyl (C=S) groups is 1. The second kappa shape index (κ2) is 7.84. The molecule has 0 atom stereocenters. The minimum absolute atomic E-state index is 0.0273. The quantitative estimate of drug-likeness (QED) is 0.436. The number of rotatable bonds is 3. The van der Waals surface area contributed by atoms with Crippen LogP contribution in [0.3, 0.4) is 0 Å². The highest BCUT2D eigenvalue weighted by Crippen LogP contribution is 2.21. The molecule has 0 unspecified atom stereocenters. The monoisotopic (exact) mass is 504 g/mol. The van der Waals surface area contributed by atoms with Gasteiger partial charge in [-0.25, -0.2) is 4.79 Å². The van der Waals surface area contributed by atoms with E-state index in [4.69, 9.17) is 12.2 Å². The van der Waals surface area contributed by atoms with E-state index in [2.05, 4.69) is 49.2 Å². The van der Waals surface area contributed by atoms with Crippen molar-refractivity contribution in [3.05, 3.63) is 61.6 Å². The van der Waals surface area contributed by atoms with Gasteiger partial charge in [-0.05, 0) is 65.1 Å². The highest BCUT2D eigenvalue weighted by Gasteiger charge is 2.14. The van der Waals surface area contributed by atoms with Crippen molar-refractivity contribution in [1.82, 2.24) is 5.32 Å². The van der Waals surface area contributed by atoms with Crippen molar-refractivity contribution in [3.63, 3.8) is 0 Å². The minimum atomic E-state index is -1.10. The number of carboxylic acids is 1. The summed E-state index contributed by atoms with van der Waals surface area (Å²) in [6, 6.07) is 11.8. The lowest BCUT2D eigenvalue weighted by atomic mass is 10.2. The first-order chi connectivity index (χ1) is 10.9. The molecule has 2 aromatic carbocycles. The van der Waals surface area contributed by atoms with Gasteiger partial charge in [0, 0.05) is 8.04 Å². The lowest BCUT2D eigenvalue weighted by Crippen LogP contribution is -2.34. The molecule has 2 rings (SSSR count). The van der Waals surface area contributed by atoms with Gasteiger partial charge in [0.15, 0.2) is 5.11 Å². The third-order valence-electron chi connectivity index (χ3n) is 2.81.